The molecule has 0 bridgehead atoms. The molecule has 5 nitrogen and oxygen atoms in total. The molecule has 0 spiro atoms. The van der Waals surface area contributed by atoms with Crippen LogP contribution in [-0.2, 0) is 14.3 Å². The fraction of sp³-hybridized carbons (Fsp3) is 0.333. The number of carbonyl (C=O) groups is 1. The molecule has 0 fully saturated rings. The van der Waals surface area contributed by atoms with Crippen LogP contribution < -0.4 is 5.43 Å². The minimum absolute atomic E-state index is 0.218. The highest BCUT2D eigenvalue weighted by Gasteiger charge is 2.31. The Bertz CT molecular complexity index is 368. The number of amides is 1. The highest BCUT2D eigenvalue weighted by molar-refractivity contribution is 6.27. The van der Waals surface area contributed by atoms with Crippen LogP contribution in [0.4, 0.5) is 0 Å². The van der Waals surface area contributed by atoms with Gasteiger partial charge in [-0.3, -0.25) is 4.79 Å². The Balaban J connectivity index is 2.39. The molecule has 2 aliphatic rings. The number of allylic oxidation sites excluding steroid dienone is 1. The predicted molar refractivity (Wildman–Crippen MR) is 49.5 cm³/mol. The number of fused-ring (bicyclic) bond motifs is 1. The lowest BCUT2D eigenvalue weighted by molar-refractivity contribution is -0.116. The van der Waals surface area contributed by atoms with Gasteiger partial charge in [0.05, 0.1) is 12.7 Å². The number of methoxy groups -OCH3 is 2. The monoisotopic (exact) mass is 194 g/mol. The van der Waals surface area contributed by atoms with Gasteiger partial charge in [0, 0.05) is 7.11 Å². The summed E-state index contributed by atoms with van der Waals surface area (Å²) >= 11 is 0. The molecule has 2 rings (SSSR count). The average Bonchev–Trinajstić information content (AvgIpc) is 2.59. The van der Waals surface area contributed by atoms with Crippen LogP contribution >= 0.6 is 0 Å². The van der Waals surface area contributed by atoms with Crippen LogP contribution in [0.1, 0.15) is 0 Å². The number of nitrogens with zero attached hydrogens (tertiary/aromatic N) is 1. The first-order valence-corrected chi connectivity index (χ1v) is 4.15. The summed E-state index contributed by atoms with van der Waals surface area (Å²) in [4.78, 5) is 11.3. The second-order valence-electron chi connectivity index (χ2n) is 2.93. The van der Waals surface area contributed by atoms with Crippen LogP contribution in [0.2, 0.25) is 0 Å². The summed E-state index contributed by atoms with van der Waals surface area (Å²) in [5, 5.41) is 3.88. The number of ether oxygens (including phenoxy) is 2. The molecule has 0 saturated heterocycles. The number of hydrazone groups is 1. The lowest BCUT2D eigenvalue weighted by Crippen LogP contribution is -2.26. The van der Waals surface area contributed by atoms with Crippen molar-refractivity contribution in [2.75, 3.05) is 14.2 Å². The molecular weight excluding hydrogens is 184 g/mol. The fourth-order valence-corrected chi connectivity index (χ4v) is 1.43. The molecule has 1 aliphatic heterocycles. The molecule has 0 radical (unpaired) electrons. The van der Waals surface area contributed by atoms with Crippen molar-refractivity contribution >= 4 is 11.6 Å². The van der Waals surface area contributed by atoms with E-state index < -0.39 is 0 Å². The van der Waals surface area contributed by atoms with Crippen LogP contribution in [0, 0.1) is 0 Å². The maximum atomic E-state index is 11.3. The molecule has 5 heteroatoms. The summed E-state index contributed by atoms with van der Waals surface area (Å²) in [6, 6.07) is 0. The topological polar surface area (TPSA) is 59.9 Å². The first-order chi connectivity index (χ1) is 6.76. The molecule has 1 atom stereocenters. The van der Waals surface area contributed by atoms with E-state index >= 15 is 0 Å². The Morgan fingerprint density at radius 3 is 2.93 bits per heavy atom. The van der Waals surface area contributed by atoms with Crippen LogP contribution in [0.3, 0.4) is 0 Å². The van der Waals surface area contributed by atoms with E-state index in [4.69, 9.17) is 9.47 Å². The highest BCUT2D eigenvalue weighted by atomic mass is 16.5. The van der Waals surface area contributed by atoms with Crippen molar-refractivity contribution in [1.29, 1.82) is 0 Å². The van der Waals surface area contributed by atoms with Crippen LogP contribution in [-0.4, -0.2) is 31.9 Å². The predicted octanol–water partition coefficient (Wildman–Crippen LogP) is -0.0425. The van der Waals surface area contributed by atoms with E-state index in [1.165, 1.54) is 0 Å². The van der Waals surface area contributed by atoms with E-state index in [1.807, 2.05) is 0 Å². The maximum Gasteiger partial charge on any atom is 0.273 e. The average molecular weight is 194 g/mol. The lowest BCUT2D eigenvalue weighted by atomic mass is 9.99. The van der Waals surface area contributed by atoms with Crippen LogP contribution in [0.15, 0.2) is 28.6 Å². The lowest BCUT2D eigenvalue weighted by Gasteiger charge is -2.16. The van der Waals surface area contributed by atoms with E-state index in [-0.39, 0.29) is 12.0 Å². The van der Waals surface area contributed by atoms with Gasteiger partial charge in [-0.15, -0.1) is 0 Å². The third-order valence-electron chi connectivity index (χ3n) is 2.16. The zero-order valence-electron chi connectivity index (χ0n) is 7.90. The first kappa shape index (κ1) is 8.96. The van der Waals surface area contributed by atoms with E-state index in [2.05, 4.69) is 10.5 Å². The van der Waals surface area contributed by atoms with Crippen molar-refractivity contribution in [3.63, 3.8) is 0 Å². The van der Waals surface area contributed by atoms with Crippen molar-refractivity contribution in [1.82, 2.24) is 5.43 Å². The summed E-state index contributed by atoms with van der Waals surface area (Å²) in [5.41, 5.74) is 3.50. The minimum atomic E-state index is -0.316. The molecule has 74 valence electrons. The summed E-state index contributed by atoms with van der Waals surface area (Å²) in [5.74, 6) is 0.396. The summed E-state index contributed by atoms with van der Waals surface area (Å²) in [6.45, 7) is 0. The van der Waals surface area contributed by atoms with E-state index in [9.17, 15) is 4.79 Å². The van der Waals surface area contributed by atoms with Crippen molar-refractivity contribution < 1.29 is 14.3 Å². The molecule has 1 heterocycles. The summed E-state index contributed by atoms with van der Waals surface area (Å²) < 4.78 is 10.2. The Labute approximate surface area is 81.1 Å². The number of carbonyl (C=O) groups excluding carboxylic acids is 1. The molecule has 0 aromatic rings. The minimum Gasteiger partial charge on any atom is -0.497 e. The Morgan fingerprint density at radius 1 is 1.50 bits per heavy atom. The molecule has 0 saturated carbocycles. The molecule has 0 aromatic heterocycles. The molecule has 1 N–H and O–H groups in total. The molecule has 0 aromatic carbocycles. The zero-order chi connectivity index (χ0) is 10.1. The van der Waals surface area contributed by atoms with E-state index in [0.717, 1.165) is 0 Å². The molecule has 14 heavy (non-hydrogen) atoms. The Morgan fingerprint density at radius 2 is 2.29 bits per heavy atom. The van der Waals surface area contributed by atoms with E-state index in [1.54, 1.807) is 26.4 Å². The smallest absolute Gasteiger partial charge is 0.273 e. The van der Waals surface area contributed by atoms with Gasteiger partial charge in [0.2, 0.25) is 0 Å². The van der Waals surface area contributed by atoms with E-state index in [0.29, 0.717) is 17.0 Å². The van der Waals surface area contributed by atoms with Crippen molar-refractivity contribution in [2.24, 2.45) is 5.10 Å². The zero-order valence-corrected chi connectivity index (χ0v) is 7.90. The largest absolute Gasteiger partial charge is 0.497 e. The second-order valence-corrected chi connectivity index (χ2v) is 2.93. The molecule has 1 unspecified atom stereocenters. The highest BCUT2D eigenvalue weighted by Crippen LogP contribution is 2.21. The summed E-state index contributed by atoms with van der Waals surface area (Å²) in [7, 11) is 3.10. The molecule has 1 amide bonds. The maximum absolute atomic E-state index is 11.3. The molecule has 1 aliphatic carbocycles. The van der Waals surface area contributed by atoms with Crippen LogP contribution in [0.25, 0.3) is 0 Å². The van der Waals surface area contributed by atoms with Gasteiger partial charge in [-0.2, -0.15) is 5.10 Å². The van der Waals surface area contributed by atoms with Gasteiger partial charge in [0.1, 0.15) is 17.6 Å². The third-order valence-corrected chi connectivity index (χ3v) is 2.16. The van der Waals surface area contributed by atoms with Crippen molar-refractivity contribution in [3.8, 4) is 0 Å². The number of hydrogen-bond acceptors (Lipinski definition) is 4. The van der Waals surface area contributed by atoms with Gasteiger partial charge in [-0.05, 0) is 12.2 Å². The fourth-order valence-electron chi connectivity index (χ4n) is 1.43. The number of rotatable bonds is 2. The van der Waals surface area contributed by atoms with Gasteiger partial charge >= 0.3 is 0 Å². The standard InChI is InChI=1S/C9H10N2O3/c1-13-5-3-6-8(7(4-5)14-2)10-11-9(6)12/h3-4,7H,1-2H3,(H,11,12). The van der Waals surface area contributed by atoms with Crippen LogP contribution in [0.5, 0.6) is 0 Å². The second kappa shape index (κ2) is 3.26. The Kier molecular flexibility index (Phi) is 2.09. The summed E-state index contributed by atoms with van der Waals surface area (Å²) in [6.07, 6.45) is 3.10. The number of nitrogens with one attached hydrogen (secondary N) is 1. The Hall–Kier alpha value is -1.62. The van der Waals surface area contributed by atoms with Gasteiger partial charge in [-0.1, -0.05) is 0 Å². The first-order valence-electron chi connectivity index (χ1n) is 4.15. The van der Waals surface area contributed by atoms with Gasteiger partial charge in [-0.25, -0.2) is 5.43 Å². The normalized spacial score (nSPS) is 24.6. The quantitative estimate of drug-likeness (QED) is 0.670. The molecular formula is C9H10N2O3. The SMILES string of the molecule is COC1=CC(OC)C2=NNC(=O)C2=C1. The van der Waals surface area contributed by atoms with Gasteiger partial charge in [0.15, 0.2) is 0 Å². The van der Waals surface area contributed by atoms with Crippen molar-refractivity contribution in [3.05, 3.63) is 23.5 Å². The van der Waals surface area contributed by atoms with Crippen molar-refractivity contribution in [2.45, 2.75) is 6.10 Å². The van der Waals surface area contributed by atoms with Gasteiger partial charge < -0.3 is 9.47 Å². The number of hydrogen-bond donors (Lipinski definition) is 1. The van der Waals surface area contributed by atoms with Gasteiger partial charge in [0.25, 0.3) is 5.91 Å². The third kappa shape index (κ3) is 1.22.